The molecule has 39 heavy (non-hydrogen) atoms. The molecule has 4 aromatic carbocycles. The van der Waals surface area contributed by atoms with Crippen LogP contribution in [0.4, 0.5) is 0 Å². The average Bonchev–Trinajstić information content (AvgIpc) is 3.43. The molecule has 0 unspecified atom stereocenters. The number of halogens is 1. The van der Waals surface area contributed by atoms with Gasteiger partial charge in [-0.25, -0.2) is 5.43 Å². The third kappa shape index (κ3) is 6.74. The van der Waals surface area contributed by atoms with Gasteiger partial charge in [-0.05, 0) is 59.2 Å². The van der Waals surface area contributed by atoms with Gasteiger partial charge in [0.15, 0.2) is 11.5 Å². The fourth-order valence-corrected chi connectivity index (χ4v) is 4.01. The minimum Gasteiger partial charge on any atom is -0.489 e. The Morgan fingerprint density at radius 3 is 2.33 bits per heavy atom. The molecule has 0 atom stereocenters. The summed E-state index contributed by atoms with van der Waals surface area (Å²) in [7, 11) is 0. The Morgan fingerprint density at radius 2 is 1.59 bits per heavy atom. The number of benzene rings is 4. The van der Waals surface area contributed by atoms with Gasteiger partial charge in [0.25, 0.3) is 11.8 Å². The van der Waals surface area contributed by atoms with Crippen molar-refractivity contribution in [3.05, 3.63) is 113 Å². The van der Waals surface area contributed by atoms with Gasteiger partial charge in [0, 0.05) is 17.2 Å². The Bertz CT molecular complexity index is 1490. The summed E-state index contributed by atoms with van der Waals surface area (Å²) in [6.45, 7) is 0.242. The van der Waals surface area contributed by atoms with Gasteiger partial charge in [0.1, 0.15) is 12.4 Å². The first-order valence-electron chi connectivity index (χ1n) is 12.1. The van der Waals surface area contributed by atoms with E-state index >= 15 is 0 Å². The van der Waals surface area contributed by atoms with E-state index in [1.54, 1.807) is 48.5 Å². The van der Waals surface area contributed by atoms with E-state index in [-0.39, 0.29) is 25.9 Å². The van der Waals surface area contributed by atoms with E-state index in [4.69, 9.17) is 25.8 Å². The van der Waals surface area contributed by atoms with Crippen LogP contribution in [-0.2, 0) is 11.4 Å². The van der Waals surface area contributed by atoms with Crippen LogP contribution in [0.25, 0.3) is 11.1 Å². The number of fused-ring (bicyclic) bond motifs is 1. The maximum Gasteiger partial charge on any atom is 0.259 e. The lowest BCUT2D eigenvalue weighted by Crippen LogP contribution is -2.34. The quantitative estimate of drug-likeness (QED) is 0.224. The summed E-state index contributed by atoms with van der Waals surface area (Å²) in [5.41, 5.74) is 6.48. The SMILES string of the molecule is O=C(CNC(=O)c1ccc(-c2ccccc2)cc1)N/N=C/c1ccc(OCc2cc3c(cc2Cl)OCO3)cc1. The van der Waals surface area contributed by atoms with Crippen LogP contribution in [0.1, 0.15) is 21.5 Å². The summed E-state index contributed by atoms with van der Waals surface area (Å²) < 4.78 is 16.5. The van der Waals surface area contributed by atoms with Crippen molar-refractivity contribution in [3.63, 3.8) is 0 Å². The molecule has 0 aliphatic carbocycles. The highest BCUT2D eigenvalue weighted by Gasteiger charge is 2.16. The van der Waals surface area contributed by atoms with E-state index in [1.807, 2.05) is 42.5 Å². The molecule has 9 heteroatoms. The number of nitrogens with one attached hydrogen (secondary N) is 2. The van der Waals surface area contributed by atoms with Crippen LogP contribution in [0.2, 0.25) is 5.02 Å². The largest absolute Gasteiger partial charge is 0.489 e. The molecule has 0 saturated carbocycles. The zero-order valence-electron chi connectivity index (χ0n) is 20.7. The molecule has 1 aliphatic rings. The van der Waals surface area contributed by atoms with Gasteiger partial charge in [-0.1, -0.05) is 54.1 Å². The minimum absolute atomic E-state index is 0.179. The van der Waals surface area contributed by atoms with Gasteiger partial charge in [0.05, 0.1) is 17.8 Å². The number of hydrogen-bond acceptors (Lipinski definition) is 6. The van der Waals surface area contributed by atoms with Crippen molar-refractivity contribution < 1.29 is 23.8 Å². The summed E-state index contributed by atoms with van der Waals surface area (Å²) in [5, 5.41) is 7.08. The Balaban J connectivity index is 1.05. The Labute approximate surface area is 230 Å². The lowest BCUT2D eigenvalue weighted by atomic mass is 10.0. The summed E-state index contributed by atoms with van der Waals surface area (Å²) in [6.07, 6.45) is 1.50. The van der Waals surface area contributed by atoms with Gasteiger partial charge in [-0.15, -0.1) is 0 Å². The van der Waals surface area contributed by atoms with Crippen molar-refractivity contribution in [3.8, 4) is 28.4 Å². The minimum atomic E-state index is -0.443. The molecule has 1 heterocycles. The number of carbonyl (C=O) groups is 2. The van der Waals surface area contributed by atoms with Crippen molar-refractivity contribution in [2.24, 2.45) is 5.10 Å². The number of hydrogen-bond donors (Lipinski definition) is 2. The standard InChI is InChI=1S/C30H24ClN3O5/c31-26-15-28-27(38-19-39-28)14-24(26)18-37-25-12-6-20(7-13-25)16-33-34-29(35)17-32-30(36)23-10-8-22(9-11-23)21-4-2-1-3-5-21/h1-16H,17-19H2,(H,32,36)(H,34,35)/b33-16+. The van der Waals surface area contributed by atoms with Crippen LogP contribution in [-0.4, -0.2) is 31.4 Å². The van der Waals surface area contributed by atoms with Crippen LogP contribution >= 0.6 is 11.6 Å². The molecule has 0 aromatic heterocycles. The molecule has 2 N–H and O–H groups in total. The van der Waals surface area contributed by atoms with E-state index in [0.29, 0.717) is 27.8 Å². The number of nitrogens with zero attached hydrogens (tertiary/aromatic N) is 1. The smallest absolute Gasteiger partial charge is 0.259 e. The van der Waals surface area contributed by atoms with E-state index in [2.05, 4.69) is 15.8 Å². The lowest BCUT2D eigenvalue weighted by molar-refractivity contribution is -0.120. The first-order valence-corrected chi connectivity index (χ1v) is 12.5. The monoisotopic (exact) mass is 541 g/mol. The number of hydrazone groups is 1. The summed E-state index contributed by atoms with van der Waals surface area (Å²) in [6, 6.07) is 27.8. The van der Waals surface area contributed by atoms with Crippen molar-refractivity contribution in [2.45, 2.75) is 6.61 Å². The predicted octanol–water partition coefficient (Wildman–Crippen LogP) is 5.19. The van der Waals surface area contributed by atoms with Gasteiger partial charge in [-0.2, -0.15) is 5.10 Å². The maximum absolute atomic E-state index is 12.4. The fraction of sp³-hybridized carbons (Fsp3) is 0.100. The Morgan fingerprint density at radius 1 is 0.897 bits per heavy atom. The highest BCUT2D eigenvalue weighted by molar-refractivity contribution is 6.31. The van der Waals surface area contributed by atoms with E-state index < -0.39 is 5.91 Å². The predicted molar refractivity (Wildman–Crippen MR) is 148 cm³/mol. The first kappa shape index (κ1) is 25.8. The summed E-state index contributed by atoms with van der Waals surface area (Å²) >= 11 is 6.29. The molecule has 0 radical (unpaired) electrons. The summed E-state index contributed by atoms with van der Waals surface area (Å²) in [5.74, 6) is 1.12. The fourth-order valence-electron chi connectivity index (χ4n) is 3.81. The number of rotatable bonds is 9. The average molecular weight is 542 g/mol. The molecule has 0 fully saturated rings. The first-order chi connectivity index (χ1) is 19.0. The molecule has 4 aromatic rings. The molecule has 1 aliphatic heterocycles. The van der Waals surface area contributed by atoms with E-state index in [1.165, 1.54) is 6.21 Å². The number of ether oxygens (including phenoxy) is 3. The second-order valence-electron chi connectivity index (χ2n) is 8.57. The Kier molecular flexibility index (Phi) is 8.04. The highest BCUT2D eigenvalue weighted by Crippen LogP contribution is 2.37. The Hall–Kier alpha value is -4.82. The molecule has 0 saturated heterocycles. The zero-order valence-corrected chi connectivity index (χ0v) is 21.5. The third-order valence-electron chi connectivity index (χ3n) is 5.88. The van der Waals surface area contributed by atoms with Crippen LogP contribution in [0.3, 0.4) is 0 Å². The van der Waals surface area contributed by atoms with Crippen LogP contribution in [0, 0.1) is 0 Å². The third-order valence-corrected chi connectivity index (χ3v) is 6.23. The lowest BCUT2D eigenvalue weighted by Gasteiger charge is -2.09. The molecule has 2 amide bonds. The molecule has 5 rings (SSSR count). The second kappa shape index (κ2) is 12.1. The normalized spacial score (nSPS) is 11.8. The van der Waals surface area contributed by atoms with Crippen LogP contribution < -0.4 is 25.0 Å². The highest BCUT2D eigenvalue weighted by atomic mass is 35.5. The van der Waals surface area contributed by atoms with Gasteiger partial charge < -0.3 is 19.5 Å². The number of amides is 2. The van der Waals surface area contributed by atoms with E-state index in [0.717, 1.165) is 22.3 Å². The van der Waals surface area contributed by atoms with Gasteiger partial charge in [-0.3, -0.25) is 9.59 Å². The molecule has 196 valence electrons. The van der Waals surface area contributed by atoms with Crippen LogP contribution in [0.15, 0.2) is 96.1 Å². The summed E-state index contributed by atoms with van der Waals surface area (Å²) in [4.78, 5) is 24.5. The molecule has 0 spiro atoms. The molecule has 8 nitrogen and oxygen atoms in total. The van der Waals surface area contributed by atoms with Crippen molar-refractivity contribution in [1.29, 1.82) is 0 Å². The van der Waals surface area contributed by atoms with Crippen molar-refractivity contribution in [2.75, 3.05) is 13.3 Å². The van der Waals surface area contributed by atoms with Gasteiger partial charge >= 0.3 is 0 Å². The van der Waals surface area contributed by atoms with Crippen molar-refractivity contribution in [1.82, 2.24) is 10.7 Å². The molecule has 0 bridgehead atoms. The number of carbonyl (C=O) groups excluding carboxylic acids is 2. The second-order valence-corrected chi connectivity index (χ2v) is 8.98. The topological polar surface area (TPSA) is 98.3 Å². The molecular formula is C30H24ClN3O5. The van der Waals surface area contributed by atoms with Crippen LogP contribution in [0.5, 0.6) is 17.2 Å². The van der Waals surface area contributed by atoms with E-state index in [9.17, 15) is 9.59 Å². The van der Waals surface area contributed by atoms with Gasteiger partial charge in [0.2, 0.25) is 6.79 Å². The molecular weight excluding hydrogens is 518 g/mol. The zero-order chi connectivity index (χ0) is 27.0. The maximum atomic E-state index is 12.4. The van der Waals surface area contributed by atoms with Crippen molar-refractivity contribution >= 4 is 29.6 Å².